The van der Waals surface area contributed by atoms with E-state index in [1.54, 1.807) is 24.3 Å². The highest BCUT2D eigenvalue weighted by atomic mass is 19.1. The number of carboxylic acids is 1. The number of amides is 1. The van der Waals surface area contributed by atoms with Gasteiger partial charge in [0.05, 0.1) is 6.10 Å². The van der Waals surface area contributed by atoms with E-state index in [2.05, 4.69) is 0 Å². The van der Waals surface area contributed by atoms with Crippen LogP contribution in [0.3, 0.4) is 0 Å². The van der Waals surface area contributed by atoms with Crippen LogP contribution in [0.2, 0.25) is 0 Å². The van der Waals surface area contributed by atoms with E-state index in [0.29, 0.717) is 37.3 Å². The van der Waals surface area contributed by atoms with Crippen LogP contribution in [0.4, 0.5) is 4.39 Å². The van der Waals surface area contributed by atoms with Crippen molar-refractivity contribution >= 4 is 11.9 Å². The number of aliphatic carboxylic acids is 1. The van der Waals surface area contributed by atoms with Crippen molar-refractivity contribution in [2.75, 3.05) is 6.54 Å². The molecule has 1 aliphatic heterocycles. The molecule has 1 unspecified atom stereocenters. The SMILES string of the molecule is O=C(O)CCCCCCN1C(=O)CCC1CC[C@H](O)c1cccc(Oc2ccc(F)cc2)c1. The molecule has 1 heterocycles. The van der Waals surface area contributed by atoms with Crippen molar-refractivity contribution in [1.82, 2.24) is 4.90 Å². The van der Waals surface area contributed by atoms with Gasteiger partial charge >= 0.3 is 5.97 Å². The smallest absolute Gasteiger partial charge is 0.303 e. The number of aliphatic hydroxyl groups excluding tert-OH is 1. The monoisotopic (exact) mass is 457 g/mol. The van der Waals surface area contributed by atoms with Gasteiger partial charge in [-0.3, -0.25) is 9.59 Å². The summed E-state index contributed by atoms with van der Waals surface area (Å²) in [5, 5.41) is 19.4. The third kappa shape index (κ3) is 7.86. The zero-order valence-electron chi connectivity index (χ0n) is 18.8. The summed E-state index contributed by atoms with van der Waals surface area (Å²) >= 11 is 0. The number of likely N-dealkylation sites (tertiary alicyclic amines) is 1. The van der Waals surface area contributed by atoms with Crippen LogP contribution in [0.15, 0.2) is 48.5 Å². The van der Waals surface area contributed by atoms with Crippen molar-refractivity contribution in [3.8, 4) is 11.5 Å². The summed E-state index contributed by atoms with van der Waals surface area (Å²) in [6.07, 6.45) is 5.42. The Balaban J connectivity index is 1.46. The van der Waals surface area contributed by atoms with Gasteiger partial charge in [0.2, 0.25) is 5.91 Å². The number of halogens is 1. The fourth-order valence-electron chi connectivity index (χ4n) is 4.25. The third-order valence-corrected chi connectivity index (χ3v) is 6.06. The molecule has 2 aromatic carbocycles. The number of hydrogen-bond donors (Lipinski definition) is 2. The molecule has 0 spiro atoms. The van der Waals surface area contributed by atoms with E-state index in [0.717, 1.165) is 37.7 Å². The highest BCUT2D eigenvalue weighted by molar-refractivity contribution is 5.78. The molecular formula is C26H32FNO5. The van der Waals surface area contributed by atoms with Gasteiger partial charge in [0, 0.05) is 25.4 Å². The number of unbranched alkanes of at least 4 members (excludes halogenated alkanes) is 3. The fourth-order valence-corrected chi connectivity index (χ4v) is 4.25. The summed E-state index contributed by atoms with van der Waals surface area (Å²) in [5.74, 6) is 0.152. The standard InChI is InChI=1S/C26H32FNO5/c27-20-9-13-22(14-10-20)33-23-7-5-6-19(18-23)24(29)15-11-21-12-16-25(30)28(21)17-4-2-1-3-8-26(31)32/h5-7,9-10,13-14,18,21,24,29H,1-4,8,11-12,15-17H2,(H,31,32)/t21?,24-/m0/s1. The number of carboxylic acid groups (broad SMARTS) is 1. The maximum atomic E-state index is 13.1. The fraction of sp³-hybridized carbons (Fsp3) is 0.462. The van der Waals surface area contributed by atoms with Gasteiger partial charge in [-0.05, 0) is 74.1 Å². The largest absolute Gasteiger partial charge is 0.481 e. The molecule has 0 bridgehead atoms. The lowest BCUT2D eigenvalue weighted by atomic mass is 10.00. The summed E-state index contributed by atoms with van der Waals surface area (Å²) in [6.45, 7) is 0.688. The Morgan fingerprint density at radius 2 is 1.85 bits per heavy atom. The summed E-state index contributed by atoms with van der Waals surface area (Å²) < 4.78 is 18.8. The number of carbonyl (C=O) groups is 2. The topological polar surface area (TPSA) is 87.1 Å². The number of hydrogen-bond acceptors (Lipinski definition) is 4. The first kappa shape index (κ1) is 24.7. The highest BCUT2D eigenvalue weighted by Gasteiger charge is 2.30. The number of ether oxygens (including phenoxy) is 1. The maximum Gasteiger partial charge on any atom is 0.303 e. The van der Waals surface area contributed by atoms with Crippen LogP contribution in [0.1, 0.15) is 69.5 Å². The van der Waals surface area contributed by atoms with Crippen LogP contribution in [-0.4, -0.2) is 39.6 Å². The van der Waals surface area contributed by atoms with E-state index in [4.69, 9.17) is 9.84 Å². The van der Waals surface area contributed by atoms with E-state index < -0.39 is 12.1 Å². The predicted molar refractivity (Wildman–Crippen MR) is 123 cm³/mol. The van der Waals surface area contributed by atoms with Gasteiger partial charge in [-0.1, -0.05) is 25.0 Å². The zero-order valence-corrected chi connectivity index (χ0v) is 18.8. The van der Waals surface area contributed by atoms with E-state index in [1.165, 1.54) is 12.1 Å². The third-order valence-electron chi connectivity index (χ3n) is 6.06. The van der Waals surface area contributed by atoms with Crippen molar-refractivity contribution in [3.63, 3.8) is 0 Å². The summed E-state index contributed by atoms with van der Waals surface area (Å²) in [6, 6.07) is 13.1. The molecule has 2 N–H and O–H groups in total. The van der Waals surface area contributed by atoms with E-state index >= 15 is 0 Å². The number of benzene rings is 2. The Labute approximate surface area is 194 Å². The minimum atomic E-state index is -0.768. The number of rotatable bonds is 13. The Kier molecular flexibility index (Phi) is 9.24. The number of aliphatic hydroxyl groups is 1. The van der Waals surface area contributed by atoms with Gasteiger partial charge in [0.25, 0.3) is 0 Å². The molecule has 1 amide bonds. The molecule has 1 saturated heterocycles. The molecule has 1 aliphatic rings. The normalized spacial score (nSPS) is 16.7. The molecule has 7 heteroatoms. The average molecular weight is 458 g/mol. The van der Waals surface area contributed by atoms with E-state index in [1.807, 2.05) is 17.0 Å². The lowest BCUT2D eigenvalue weighted by molar-refractivity contribution is -0.137. The Morgan fingerprint density at radius 1 is 1.09 bits per heavy atom. The van der Waals surface area contributed by atoms with Crippen LogP contribution in [0, 0.1) is 5.82 Å². The average Bonchev–Trinajstić information content (AvgIpc) is 3.15. The Morgan fingerprint density at radius 3 is 2.61 bits per heavy atom. The molecule has 178 valence electrons. The summed E-state index contributed by atoms with van der Waals surface area (Å²) in [7, 11) is 0. The van der Waals surface area contributed by atoms with E-state index in [-0.39, 0.29) is 24.2 Å². The molecule has 6 nitrogen and oxygen atoms in total. The highest BCUT2D eigenvalue weighted by Crippen LogP contribution is 2.30. The molecule has 0 radical (unpaired) electrons. The Bertz CT molecular complexity index is 917. The van der Waals surface area contributed by atoms with Crippen molar-refractivity contribution in [2.45, 2.75) is 69.9 Å². The molecule has 0 aliphatic carbocycles. The second kappa shape index (κ2) is 12.3. The van der Waals surface area contributed by atoms with E-state index in [9.17, 15) is 19.1 Å². The molecule has 3 rings (SSSR count). The molecule has 2 atom stereocenters. The summed E-state index contributed by atoms with van der Waals surface area (Å²) in [4.78, 5) is 24.8. The summed E-state index contributed by atoms with van der Waals surface area (Å²) in [5.41, 5.74) is 0.740. The molecule has 0 saturated carbocycles. The lowest BCUT2D eigenvalue weighted by Crippen LogP contribution is -2.34. The predicted octanol–water partition coefficient (Wildman–Crippen LogP) is 5.46. The molecule has 0 aromatic heterocycles. The van der Waals surface area contributed by atoms with Crippen LogP contribution in [0.25, 0.3) is 0 Å². The van der Waals surface area contributed by atoms with Crippen LogP contribution < -0.4 is 4.74 Å². The van der Waals surface area contributed by atoms with Crippen LogP contribution in [-0.2, 0) is 9.59 Å². The first-order valence-corrected chi connectivity index (χ1v) is 11.6. The van der Waals surface area contributed by atoms with Crippen molar-refractivity contribution in [1.29, 1.82) is 0 Å². The van der Waals surface area contributed by atoms with Crippen molar-refractivity contribution < 1.29 is 28.9 Å². The van der Waals surface area contributed by atoms with Gasteiger partial charge in [0.1, 0.15) is 17.3 Å². The molecule has 2 aromatic rings. The first-order valence-electron chi connectivity index (χ1n) is 11.6. The Hall–Kier alpha value is -2.93. The van der Waals surface area contributed by atoms with Gasteiger partial charge < -0.3 is 19.8 Å². The van der Waals surface area contributed by atoms with Crippen molar-refractivity contribution in [2.24, 2.45) is 0 Å². The maximum absolute atomic E-state index is 13.1. The minimum absolute atomic E-state index is 0.129. The molecule has 33 heavy (non-hydrogen) atoms. The number of nitrogens with zero attached hydrogens (tertiary/aromatic N) is 1. The zero-order chi connectivity index (χ0) is 23.6. The first-order chi connectivity index (χ1) is 15.9. The number of carbonyl (C=O) groups excluding carboxylic acids is 1. The quantitative estimate of drug-likeness (QED) is 0.390. The van der Waals surface area contributed by atoms with Gasteiger partial charge in [-0.2, -0.15) is 0 Å². The van der Waals surface area contributed by atoms with Crippen LogP contribution >= 0.6 is 0 Å². The van der Waals surface area contributed by atoms with Gasteiger partial charge in [0.15, 0.2) is 0 Å². The minimum Gasteiger partial charge on any atom is -0.481 e. The second-order valence-corrected chi connectivity index (χ2v) is 8.56. The molecular weight excluding hydrogens is 425 g/mol. The van der Waals surface area contributed by atoms with Gasteiger partial charge in [-0.15, -0.1) is 0 Å². The van der Waals surface area contributed by atoms with Crippen molar-refractivity contribution in [3.05, 3.63) is 59.9 Å². The lowest BCUT2D eigenvalue weighted by Gasteiger charge is -2.26. The molecule has 1 fully saturated rings. The van der Waals surface area contributed by atoms with Crippen LogP contribution in [0.5, 0.6) is 11.5 Å². The van der Waals surface area contributed by atoms with Gasteiger partial charge in [-0.25, -0.2) is 4.39 Å². The second-order valence-electron chi connectivity index (χ2n) is 8.56.